The van der Waals surface area contributed by atoms with Gasteiger partial charge in [0.05, 0.1) is 11.0 Å². The number of aromatic nitrogens is 2. The molecule has 3 rings (SSSR count). The molecule has 0 radical (unpaired) electrons. The Balaban J connectivity index is 1.79. The molecule has 1 amide bonds. The normalized spacial score (nSPS) is 17.1. The van der Waals surface area contributed by atoms with Gasteiger partial charge in [0.15, 0.2) is 5.82 Å². The highest BCUT2D eigenvalue weighted by molar-refractivity contribution is 6.30. The van der Waals surface area contributed by atoms with Crippen molar-refractivity contribution >= 4 is 17.5 Å². The minimum Gasteiger partial charge on any atom is -0.381 e. The first-order valence-corrected chi connectivity index (χ1v) is 8.95. The number of nitrogens with zero attached hydrogens (tertiary/aromatic N) is 2. The molecule has 1 fully saturated rings. The van der Waals surface area contributed by atoms with E-state index in [0.29, 0.717) is 42.1 Å². The van der Waals surface area contributed by atoms with E-state index in [4.69, 9.17) is 26.6 Å². The quantitative estimate of drug-likeness (QED) is 0.828. The Hall–Kier alpha value is -1.96. The molecule has 1 aromatic carbocycles. The fourth-order valence-corrected chi connectivity index (χ4v) is 3.19. The van der Waals surface area contributed by atoms with Crippen molar-refractivity contribution in [1.82, 2.24) is 15.5 Å². The van der Waals surface area contributed by atoms with Crippen LogP contribution in [0.1, 0.15) is 48.8 Å². The Morgan fingerprint density at radius 1 is 1.38 bits per heavy atom. The average Bonchev–Trinajstić information content (AvgIpc) is 3.14. The molecule has 1 aromatic heterocycles. The maximum absolute atomic E-state index is 12.5. The highest BCUT2D eigenvalue weighted by atomic mass is 35.5. The standard InChI is InChI=1S/C18H23ClN4O3/c1-17(2,22-14(24)12-4-3-5-13(19)10-12)15-21-16(26-23-15)18(11-20)6-8-25-9-7-18/h3-5,10H,6-9,11,20H2,1-2H3,(H,22,24). The van der Waals surface area contributed by atoms with Gasteiger partial charge in [0.1, 0.15) is 0 Å². The summed E-state index contributed by atoms with van der Waals surface area (Å²) in [6.07, 6.45) is 1.47. The van der Waals surface area contributed by atoms with E-state index in [1.54, 1.807) is 24.3 Å². The maximum atomic E-state index is 12.5. The van der Waals surface area contributed by atoms with E-state index in [9.17, 15) is 4.79 Å². The van der Waals surface area contributed by atoms with Gasteiger partial charge < -0.3 is 20.3 Å². The van der Waals surface area contributed by atoms with Crippen LogP contribution in [0.4, 0.5) is 0 Å². The van der Waals surface area contributed by atoms with Crippen LogP contribution in [0.5, 0.6) is 0 Å². The Labute approximate surface area is 157 Å². The lowest BCUT2D eigenvalue weighted by atomic mass is 9.80. The predicted octanol–water partition coefficient (Wildman–Crippen LogP) is 2.39. The van der Waals surface area contributed by atoms with Crippen molar-refractivity contribution in [1.29, 1.82) is 0 Å². The molecular weight excluding hydrogens is 356 g/mol. The molecule has 0 bridgehead atoms. The lowest BCUT2D eigenvalue weighted by Crippen LogP contribution is -2.43. The molecule has 1 saturated heterocycles. The third kappa shape index (κ3) is 3.75. The molecule has 2 heterocycles. The third-order valence-electron chi connectivity index (χ3n) is 4.79. The number of carbonyl (C=O) groups is 1. The van der Waals surface area contributed by atoms with Gasteiger partial charge in [-0.25, -0.2) is 0 Å². The molecule has 0 saturated carbocycles. The number of hydrogen-bond donors (Lipinski definition) is 2. The first kappa shape index (κ1) is 18.8. The summed E-state index contributed by atoms with van der Waals surface area (Å²) in [5.41, 5.74) is 5.28. The van der Waals surface area contributed by atoms with Crippen molar-refractivity contribution in [2.75, 3.05) is 19.8 Å². The second-order valence-corrected chi connectivity index (χ2v) is 7.55. The molecule has 0 atom stereocenters. The number of ether oxygens (including phenoxy) is 1. The van der Waals surface area contributed by atoms with Crippen LogP contribution in [0.15, 0.2) is 28.8 Å². The van der Waals surface area contributed by atoms with Crippen molar-refractivity contribution < 1.29 is 14.1 Å². The average molecular weight is 379 g/mol. The summed E-state index contributed by atoms with van der Waals surface area (Å²) in [5.74, 6) is 0.647. The van der Waals surface area contributed by atoms with Gasteiger partial charge in [-0.3, -0.25) is 4.79 Å². The fraction of sp³-hybridized carbons (Fsp3) is 0.500. The molecule has 1 aliphatic heterocycles. The number of benzene rings is 1. The lowest BCUT2D eigenvalue weighted by molar-refractivity contribution is 0.0408. The Morgan fingerprint density at radius 3 is 2.77 bits per heavy atom. The van der Waals surface area contributed by atoms with E-state index in [0.717, 1.165) is 12.8 Å². The number of carbonyl (C=O) groups excluding carboxylic acids is 1. The van der Waals surface area contributed by atoms with Gasteiger partial charge in [-0.1, -0.05) is 22.8 Å². The molecular formula is C18H23ClN4O3. The largest absolute Gasteiger partial charge is 0.381 e. The number of amides is 1. The van der Waals surface area contributed by atoms with Crippen LogP contribution in [0.25, 0.3) is 0 Å². The van der Waals surface area contributed by atoms with E-state index in [1.165, 1.54) is 0 Å². The number of halogens is 1. The highest BCUT2D eigenvalue weighted by Gasteiger charge is 2.40. The van der Waals surface area contributed by atoms with E-state index >= 15 is 0 Å². The molecule has 26 heavy (non-hydrogen) atoms. The number of nitrogens with two attached hydrogens (primary N) is 1. The van der Waals surface area contributed by atoms with Crippen molar-refractivity contribution in [3.8, 4) is 0 Å². The summed E-state index contributed by atoms with van der Waals surface area (Å²) in [6, 6.07) is 6.76. The minimum atomic E-state index is -0.817. The summed E-state index contributed by atoms with van der Waals surface area (Å²) in [5, 5.41) is 7.52. The zero-order chi connectivity index (χ0) is 18.8. The van der Waals surface area contributed by atoms with Crippen molar-refractivity contribution in [3.63, 3.8) is 0 Å². The minimum absolute atomic E-state index is 0.261. The summed E-state index contributed by atoms with van der Waals surface area (Å²) < 4.78 is 10.9. The third-order valence-corrected chi connectivity index (χ3v) is 5.03. The van der Waals surface area contributed by atoms with Gasteiger partial charge in [-0.05, 0) is 44.9 Å². The zero-order valence-electron chi connectivity index (χ0n) is 14.9. The number of nitrogens with one attached hydrogen (secondary N) is 1. The van der Waals surface area contributed by atoms with Crippen LogP contribution in [-0.4, -0.2) is 35.8 Å². The molecule has 0 spiro atoms. The van der Waals surface area contributed by atoms with Gasteiger partial charge in [0.25, 0.3) is 5.91 Å². The molecule has 0 unspecified atom stereocenters. The monoisotopic (exact) mass is 378 g/mol. The van der Waals surface area contributed by atoms with E-state index < -0.39 is 5.54 Å². The molecule has 8 heteroatoms. The number of hydrogen-bond acceptors (Lipinski definition) is 6. The predicted molar refractivity (Wildman–Crippen MR) is 97.0 cm³/mol. The Morgan fingerprint density at radius 2 is 2.12 bits per heavy atom. The first-order chi connectivity index (χ1) is 12.4. The molecule has 0 aliphatic carbocycles. The summed E-state index contributed by atoms with van der Waals surface area (Å²) in [7, 11) is 0. The van der Waals surface area contributed by atoms with Crippen LogP contribution in [-0.2, 0) is 15.7 Å². The second-order valence-electron chi connectivity index (χ2n) is 7.11. The van der Waals surface area contributed by atoms with E-state index in [1.807, 2.05) is 13.8 Å². The number of rotatable bonds is 5. The second kappa shape index (κ2) is 7.34. The van der Waals surface area contributed by atoms with Crippen molar-refractivity contribution in [2.24, 2.45) is 5.73 Å². The van der Waals surface area contributed by atoms with Gasteiger partial charge in [-0.2, -0.15) is 4.98 Å². The van der Waals surface area contributed by atoms with Gasteiger partial charge in [0, 0.05) is 30.3 Å². The maximum Gasteiger partial charge on any atom is 0.252 e. The summed E-state index contributed by atoms with van der Waals surface area (Å²) in [6.45, 7) is 5.28. The van der Waals surface area contributed by atoms with Crippen LogP contribution < -0.4 is 11.1 Å². The molecule has 3 N–H and O–H groups in total. The van der Waals surface area contributed by atoms with Crippen LogP contribution in [0, 0.1) is 0 Å². The summed E-state index contributed by atoms with van der Waals surface area (Å²) >= 11 is 5.96. The van der Waals surface area contributed by atoms with E-state index in [2.05, 4.69) is 15.5 Å². The Bertz CT molecular complexity index is 784. The topological polar surface area (TPSA) is 103 Å². The molecule has 140 valence electrons. The molecule has 7 nitrogen and oxygen atoms in total. The fourth-order valence-electron chi connectivity index (χ4n) is 3.00. The lowest BCUT2D eigenvalue weighted by Gasteiger charge is -2.32. The van der Waals surface area contributed by atoms with Crippen molar-refractivity contribution in [3.05, 3.63) is 46.6 Å². The zero-order valence-corrected chi connectivity index (χ0v) is 15.7. The molecule has 2 aromatic rings. The van der Waals surface area contributed by atoms with Crippen LogP contribution >= 0.6 is 11.6 Å². The molecule has 1 aliphatic rings. The SMILES string of the molecule is CC(C)(NC(=O)c1cccc(Cl)c1)c1noc(C2(CN)CCOCC2)n1. The van der Waals surface area contributed by atoms with E-state index in [-0.39, 0.29) is 11.3 Å². The highest BCUT2D eigenvalue weighted by Crippen LogP contribution is 2.33. The smallest absolute Gasteiger partial charge is 0.252 e. The summed E-state index contributed by atoms with van der Waals surface area (Å²) in [4.78, 5) is 17.1. The van der Waals surface area contributed by atoms with Gasteiger partial charge in [-0.15, -0.1) is 0 Å². The first-order valence-electron chi connectivity index (χ1n) is 8.57. The Kier molecular flexibility index (Phi) is 5.32. The van der Waals surface area contributed by atoms with Crippen LogP contribution in [0.3, 0.4) is 0 Å². The van der Waals surface area contributed by atoms with Crippen LogP contribution in [0.2, 0.25) is 5.02 Å². The van der Waals surface area contributed by atoms with Gasteiger partial charge in [0.2, 0.25) is 5.89 Å². The van der Waals surface area contributed by atoms with Gasteiger partial charge >= 0.3 is 0 Å². The van der Waals surface area contributed by atoms with Crippen molar-refractivity contribution in [2.45, 2.75) is 37.6 Å².